The summed E-state index contributed by atoms with van der Waals surface area (Å²) in [6, 6.07) is 10.0. The first kappa shape index (κ1) is 17.8. The number of nitrogens with one attached hydrogen (secondary N) is 1. The lowest BCUT2D eigenvalue weighted by atomic mass is 9.70. The molecule has 5 nitrogen and oxygen atoms in total. The zero-order chi connectivity index (χ0) is 18.0. The number of carbonyl (C=O) groups excluding carboxylic acids is 1. The minimum absolute atomic E-state index is 0.00561. The predicted octanol–water partition coefficient (Wildman–Crippen LogP) is 2.80. The lowest BCUT2D eigenvalue weighted by molar-refractivity contribution is -0.160. The summed E-state index contributed by atoms with van der Waals surface area (Å²) in [6.07, 6.45) is 6.19. The van der Waals surface area contributed by atoms with Crippen molar-refractivity contribution >= 4 is 11.6 Å². The number of para-hydroxylation sites is 1. The number of amides is 1. The monoisotopic (exact) mass is 358 g/mol. The summed E-state index contributed by atoms with van der Waals surface area (Å²) in [5.41, 5.74) is 0.201. The lowest BCUT2D eigenvalue weighted by Crippen LogP contribution is -2.68. The zero-order valence-electron chi connectivity index (χ0n) is 15.4. The fourth-order valence-electron chi connectivity index (χ4n) is 5.04. The summed E-state index contributed by atoms with van der Waals surface area (Å²) in [5, 5.41) is 15.2. The third-order valence-electron chi connectivity index (χ3n) is 6.49. The average Bonchev–Trinajstić information content (AvgIpc) is 2.69. The van der Waals surface area contributed by atoms with Crippen LogP contribution in [0.4, 0.5) is 5.69 Å². The summed E-state index contributed by atoms with van der Waals surface area (Å²) in [4.78, 5) is 15.2. The molecule has 2 N–H and O–H groups in total. The highest BCUT2D eigenvalue weighted by molar-refractivity contribution is 5.79. The van der Waals surface area contributed by atoms with Crippen molar-refractivity contribution in [3.63, 3.8) is 0 Å². The Morgan fingerprint density at radius 2 is 1.88 bits per heavy atom. The van der Waals surface area contributed by atoms with Crippen LogP contribution in [0.3, 0.4) is 0 Å². The predicted molar refractivity (Wildman–Crippen MR) is 101 cm³/mol. The maximum Gasteiger partial charge on any atom is 0.226 e. The number of piperidine rings is 1. The van der Waals surface area contributed by atoms with Gasteiger partial charge in [-0.05, 0) is 44.2 Å². The molecule has 142 valence electrons. The Morgan fingerprint density at radius 3 is 2.65 bits per heavy atom. The third kappa shape index (κ3) is 3.35. The largest absolute Gasteiger partial charge is 0.386 e. The summed E-state index contributed by atoms with van der Waals surface area (Å²) in [7, 11) is 0. The molecule has 1 aliphatic carbocycles. The van der Waals surface area contributed by atoms with E-state index in [0.29, 0.717) is 13.2 Å². The topological polar surface area (TPSA) is 61.8 Å². The van der Waals surface area contributed by atoms with Gasteiger partial charge in [-0.3, -0.25) is 4.79 Å². The van der Waals surface area contributed by atoms with Crippen molar-refractivity contribution in [2.75, 3.05) is 25.1 Å². The molecule has 1 amide bonds. The molecular formula is C21H30N2O3. The van der Waals surface area contributed by atoms with E-state index in [0.717, 1.165) is 57.2 Å². The molecule has 1 aromatic rings. The van der Waals surface area contributed by atoms with Crippen LogP contribution >= 0.6 is 0 Å². The normalized spacial score (nSPS) is 32.7. The van der Waals surface area contributed by atoms with Gasteiger partial charge >= 0.3 is 0 Å². The summed E-state index contributed by atoms with van der Waals surface area (Å²) in [5.74, 6) is 0.297. The molecule has 0 aromatic heterocycles. The minimum Gasteiger partial charge on any atom is -0.386 e. The van der Waals surface area contributed by atoms with Crippen LogP contribution < -0.4 is 5.32 Å². The summed E-state index contributed by atoms with van der Waals surface area (Å²) >= 11 is 0. The fourth-order valence-corrected chi connectivity index (χ4v) is 5.04. The molecule has 3 atom stereocenters. The van der Waals surface area contributed by atoms with Gasteiger partial charge in [0.05, 0.1) is 12.1 Å². The zero-order valence-corrected chi connectivity index (χ0v) is 15.4. The van der Waals surface area contributed by atoms with Crippen LogP contribution in [0, 0.1) is 5.92 Å². The van der Waals surface area contributed by atoms with E-state index < -0.39 is 5.60 Å². The number of fused-ring (bicyclic) bond motifs is 1. The van der Waals surface area contributed by atoms with Gasteiger partial charge in [-0.1, -0.05) is 31.0 Å². The van der Waals surface area contributed by atoms with Crippen LogP contribution in [-0.4, -0.2) is 53.4 Å². The lowest BCUT2D eigenvalue weighted by Gasteiger charge is -2.54. The van der Waals surface area contributed by atoms with E-state index >= 15 is 0 Å². The maximum absolute atomic E-state index is 13.2. The van der Waals surface area contributed by atoms with Gasteiger partial charge in [0, 0.05) is 31.4 Å². The number of carbonyl (C=O) groups is 1. The Hall–Kier alpha value is -1.59. The van der Waals surface area contributed by atoms with Crippen LogP contribution in [0.25, 0.3) is 0 Å². The molecule has 4 rings (SSSR count). The molecule has 0 radical (unpaired) electrons. The molecule has 2 heterocycles. The Kier molecular flexibility index (Phi) is 5.18. The van der Waals surface area contributed by atoms with Crippen molar-refractivity contribution < 1.29 is 14.6 Å². The first-order valence-corrected chi connectivity index (χ1v) is 10.1. The number of likely N-dealkylation sites (tertiary alicyclic amines) is 1. The third-order valence-corrected chi connectivity index (χ3v) is 6.49. The van der Waals surface area contributed by atoms with E-state index in [1.165, 1.54) is 0 Å². The van der Waals surface area contributed by atoms with Crippen molar-refractivity contribution in [2.24, 2.45) is 5.92 Å². The summed E-state index contributed by atoms with van der Waals surface area (Å²) < 4.78 is 5.42. The van der Waals surface area contributed by atoms with E-state index in [4.69, 9.17) is 4.74 Å². The molecule has 3 fully saturated rings. The van der Waals surface area contributed by atoms with Crippen LogP contribution in [-0.2, 0) is 9.53 Å². The van der Waals surface area contributed by atoms with Crippen molar-refractivity contribution in [3.8, 4) is 0 Å². The second kappa shape index (κ2) is 7.57. The second-order valence-electron chi connectivity index (χ2n) is 8.02. The maximum atomic E-state index is 13.2. The standard InChI is InChI=1S/C21H30N2O3/c24-20(16-10-14-26-15-11-16)23-13-9-18(22-17-6-2-1-3-7-17)21(25)12-5-4-8-19(21)23/h1-3,6-7,16,18-19,22,25H,4-5,8-15H2. The van der Waals surface area contributed by atoms with Gasteiger partial charge in [-0.25, -0.2) is 0 Å². The number of benzene rings is 1. The molecule has 2 saturated heterocycles. The number of ether oxygens (including phenoxy) is 1. The van der Waals surface area contributed by atoms with E-state index in [1.54, 1.807) is 0 Å². The molecular weight excluding hydrogens is 328 g/mol. The van der Waals surface area contributed by atoms with Gasteiger partial charge in [0.15, 0.2) is 0 Å². The molecule has 0 spiro atoms. The highest BCUT2D eigenvalue weighted by Crippen LogP contribution is 2.41. The quantitative estimate of drug-likeness (QED) is 0.872. The van der Waals surface area contributed by atoms with Gasteiger partial charge in [0.25, 0.3) is 0 Å². The molecule has 26 heavy (non-hydrogen) atoms. The van der Waals surface area contributed by atoms with Crippen LogP contribution in [0.2, 0.25) is 0 Å². The van der Waals surface area contributed by atoms with Gasteiger partial charge in [-0.2, -0.15) is 0 Å². The molecule has 3 unspecified atom stereocenters. The number of hydrogen-bond donors (Lipinski definition) is 2. The van der Waals surface area contributed by atoms with Gasteiger partial charge in [0.1, 0.15) is 5.60 Å². The van der Waals surface area contributed by atoms with Crippen LogP contribution in [0.1, 0.15) is 44.9 Å². The van der Waals surface area contributed by atoms with E-state index in [-0.39, 0.29) is 23.9 Å². The van der Waals surface area contributed by atoms with Crippen molar-refractivity contribution in [2.45, 2.75) is 62.6 Å². The van der Waals surface area contributed by atoms with Crippen LogP contribution in [0.15, 0.2) is 30.3 Å². The smallest absolute Gasteiger partial charge is 0.226 e. The molecule has 5 heteroatoms. The summed E-state index contributed by atoms with van der Waals surface area (Å²) in [6.45, 7) is 2.09. The molecule has 0 bridgehead atoms. The Bertz CT molecular complexity index is 617. The van der Waals surface area contributed by atoms with Crippen LogP contribution in [0.5, 0.6) is 0 Å². The van der Waals surface area contributed by atoms with Crippen molar-refractivity contribution in [1.29, 1.82) is 0 Å². The highest BCUT2D eigenvalue weighted by Gasteiger charge is 2.52. The fraction of sp³-hybridized carbons (Fsp3) is 0.667. The number of aliphatic hydroxyl groups is 1. The second-order valence-corrected chi connectivity index (χ2v) is 8.02. The number of nitrogens with zero attached hydrogens (tertiary/aromatic N) is 1. The number of anilines is 1. The average molecular weight is 358 g/mol. The first-order chi connectivity index (χ1) is 12.7. The van der Waals surface area contributed by atoms with E-state index in [1.807, 2.05) is 35.2 Å². The first-order valence-electron chi connectivity index (χ1n) is 10.1. The molecule has 3 aliphatic rings. The minimum atomic E-state index is -0.840. The van der Waals surface area contributed by atoms with E-state index in [9.17, 15) is 9.90 Å². The molecule has 2 aliphatic heterocycles. The van der Waals surface area contributed by atoms with Gasteiger partial charge in [-0.15, -0.1) is 0 Å². The Balaban J connectivity index is 1.53. The molecule has 1 saturated carbocycles. The van der Waals surface area contributed by atoms with Crippen molar-refractivity contribution in [1.82, 2.24) is 4.90 Å². The van der Waals surface area contributed by atoms with Gasteiger partial charge < -0.3 is 20.1 Å². The number of hydrogen-bond acceptors (Lipinski definition) is 4. The van der Waals surface area contributed by atoms with Gasteiger partial charge in [0.2, 0.25) is 5.91 Å². The van der Waals surface area contributed by atoms with E-state index in [2.05, 4.69) is 5.32 Å². The number of rotatable bonds is 3. The molecule has 1 aromatic carbocycles. The Labute approximate surface area is 155 Å². The SMILES string of the molecule is O=C(C1CCOCC1)N1CCC(Nc2ccccc2)C2(O)CCCCC12. The Morgan fingerprint density at radius 1 is 1.12 bits per heavy atom. The van der Waals surface area contributed by atoms with Crippen molar-refractivity contribution in [3.05, 3.63) is 30.3 Å². The highest BCUT2D eigenvalue weighted by atomic mass is 16.5.